The molecule has 29 heavy (non-hydrogen) atoms. The van der Waals surface area contributed by atoms with Gasteiger partial charge in [-0.3, -0.25) is 4.79 Å². The van der Waals surface area contributed by atoms with E-state index >= 15 is 0 Å². The molecule has 144 valence electrons. The summed E-state index contributed by atoms with van der Waals surface area (Å²) in [4.78, 5) is 17.7. The van der Waals surface area contributed by atoms with Crippen molar-refractivity contribution in [3.63, 3.8) is 0 Å². The zero-order valence-corrected chi connectivity index (χ0v) is 16.2. The summed E-state index contributed by atoms with van der Waals surface area (Å²) in [6.07, 6.45) is 0. The van der Waals surface area contributed by atoms with Crippen LogP contribution in [0, 0.1) is 6.92 Å². The van der Waals surface area contributed by atoms with Gasteiger partial charge in [-0.1, -0.05) is 42.5 Å². The Hall–Kier alpha value is -3.86. The van der Waals surface area contributed by atoms with Gasteiger partial charge in [0.05, 0.1) is 12.8 Å². The van der Waals surface area contributed by atoms with Crippen molar-refractivity contribution in [1.29, 1.82) is 0 Å². The second-order valence-corrected chi connectivity index (χ2v) is 6.59. The smallest absolute Gasteiger partial charge is 0.261 e. The van der Waals surface area contributed by atoms with Crippen LogP contribution >= 0.6 is 0 Å². The Kier molecular flexibility index (Phi) is 5.12. The fourth-order valence-corrected chi connectivity index (χ4v) is 3.01. The summed E-state index contributed by atoms with van der Waals surface area (Å²) in [7, 11) is 1.60. The SMILES string of the molecule is COc1cccc(N=c2oc3ccccc3cc2C(=O)Nc2ccccc2C)c1. The number of fused-ring (bicyclic) bond motifs is 1. The van der Waals surface area contributed by atoms with E-state index in [1.54, 1.807) is 19.2 Å². The number of rotatable bonds is 4. The van der Waals surface area contributed by atoms with Crippen LogP contribution in [0.15, 0.2) is 88.3 Å². The summed E-state index contributed by atoms with van der Waals surface area (Å²) in [6, 6.07) is 24.3. The molecule has 0 saturated heterocycles. The molecule has 0 fully saturated rings. The summed E-state index contributed by atoms with van der Waals surface area (Å²) < 4.78 is 11.3. The molecular weight excluding hydrogens is 364 g/mol. The molecule has 0 atom stereocenters. The predicted molar refractivity (Wildman–Crippen MR) is 114 cm³/mol. The number of benzene rings is 3. The highest BCUT2D eigenvalue weighted by Crippen LogP contribution is 2.20. The summed E-state index contributed by atoms with van der Waals surface area (Å²) in [5, 5.41) is 3.78. The molecule has 0 aliphatic rings. The first-order valence-electron chi connectivity index (χ1n) is 9.23. The average Bonchev–Trinajstić information content (AvgIpc) is 2.75. The second-order valence-electron chi connectivity index (χ2n) is 6.59. The van der Waals surface area contributed by atoms with E-state index in [9.17, 15) is 4.79 Å². The van der Waals surface area contributed by atoms with E-state index < -0.39 is 0 Å². The van der Waals surface area contributed by atoms with E-state index in [1.807, 2.05) is 73.7 Å². The molecule has 0 bridgehead atoms. The Morgan fingerprint density at radius 2 is 1.76 bits per heavy atom. The number of aryl methyl sites for hydroxylation is 1. The molecule has 5 nitrogen and oxygen atoms in total. The van der Waals surface area contributed by atoms with Crippen molar-refractivity contribution in [2.45, 2.75) is 6.92 Å². The maximum absolute atomic E-state index is 13.1. The van der Waals surface area contributed by atoms with Crippen molar-refractivity contribution in [3.05, 3.63) is 95.5 Å². The first kappa shape index (κ1) is 18.5. The van der Waals surface area contributed by atoms with Gasteiger partial charge in [0.15, 0.2) is 0 Å². The lowest BCUT2D eigenvalue weighted by molar-refractivity contribution is 0.102. The van der Waals surface area contributed by atoms with Gasteiger partial charge in [0.1, 0.15) is 16.9 Å². The van der Waals surface area contributed by atoms with Gasteiger partial charge in [0.25, 0.3) is 5.91 Å². The number of hydrogen-bond donors (Lipinski definition) is 1. The third kappa shape index (κ3) is 4.04. The fourth-order valence-electron chi connectivity index (χ4n) is 3.01. The van der Waals surface area contributed by atoms with Crippen molar-refractivity contribution >= 4 is 28.3 Å². The number of nitrogens with one attached hydrogen (secondary N) is 1. The van der Waals surface area contributed by atoms with Crippen LogP contribution in [0.1, 0.15) is 15.9 Å². The Labute approximate surface area is 168 Å². The Morgan fingerprint density at radius 1 is 0.966 bits per heavy atom. The van der Waals surface area contributed by atoms with Crippen molar-refractivity contribution in [2.24, 2.45) is 4.99 Å². The number of methoxy groups -OCH3 is 1. The molecule has 4 aromatic rings. The van der Waals surface area contributed by atoms with Gasteiger partial charge >= 0.3 is 0 Å². The minimum absolute atomic E-state index is 0.239. The molecule has 4 rings (SSSR count). The number of carbonyl (C=O) groups excluding carboxylic acids is 1. The third-order valence-electron chi connectivity index (χ3n) is 4.58. The number of para-hydroxylation sites is 2. The molecule has 0 saturated carbocycles. The van der Waals surface area contributed by atoms with Gasteiger partial charge in [0.2, 0.25) is 5.55 Å². The van der Waals surface area contributed by atoms with E-state index in [-0.39, 0.29) is 11.5 Å². The molecule has 1 heterocycles. The summed E-state index contributed by atoms with van der Waals surface area (Å²) in [6.45, 7) is 1.95. The van der Waals surface area contributed by atoms with Crippen LogP contribution < -0.4 is 15.6 Å². The molecular formula is C24H20N2O3. The lowest BCUT2D eigenvalue weighted by Gasteiger charge is -2.09. The Balaban J connectivity index is 1.85. The predicted octanol–water partition coefficient (Wildman–Crippen LogP) is 5.23. The number of amides is 1. The molecule has 1 N–H and O–H groups in total. The zero-order chi connectivity index (χ0) is 20.2. The van der Waals surface area contributed by atoms with E-state index in [4.69, 9.17) is 9.15 Å². The first-order valence-corrected chi connectivity index (χ1v) is 9.23. The monoisotopic (exact) mass is 384 g/mol. The van der Waals surface area contributed by atoms with E-state index in [0.29, 0.717) is 22.6 Å². The molecule has 1 aromatic heterocycles. The average molecular weight is 384 g/mol. The molecule has 0 aliphatic heterocycles. The lowest BCUT2D eigenvalue weighted by Crippen LogP contribution is -2.22. The van der Waals surface area contributed by atoms with E-state index in [1.165, 1.54) is 0 Å². The Bertz CT molecular complexity index is 1260. The quantitative estimate of drug-likeness (QED) is 0.524. The largest absolute Gasteiger partial charge is 0.497 e. The normalized spacial score (nSPS) is 11.4. The number of ether oxygens (including phenoxy) is 1. The van der Waals surface area contributed by atoms with Gasteiger partial charge in [-0.2, -0.15) is 0 Å². The van der Waals surface area contributed by atoms with Gasteiger partial charge < -0.3 is 14.5 Å². The Morgan fingerprint density at radius 3 is 2.59 bits per heavy atom. The van der Waals surface area contributed by atoms with Crippen LogP contribution in [0.25, 0.3) is 11.0 Å². The van der Waals surface area contributed by atoms with Crippen molar-refractivity contribution < 1.29 is 13.9 Å². The van der Waals surface area contributed by atoms with Crippen LogP contribution in [0.5, 0.6) is 5.75 Å². The first-order chi connectivity index (χ1) is 14.1. The molecule has 0 aliphatic carbocycles. The highest BCUT2D eigenvalue weighted by atomic mass is 16.5. The summed E-state index contributed by atoms with van der Waals surface area (Å²) in [5.74, 6) is 0.397. The number of carbonyl (C=O) groups is 1. The third-order valence-corrected chi connectivity index (χ3v) is 4.58. The van der Waals surface area contributed by atoms with Crippen molar-refractivity contribution in [3.8, 4) is 5.75 Å². The van der Waals surface area contributed by atoms with Crippen molar-refractivity contribution in [1.82, 2.24) is 0 Å². The van der Waals surface area contributed by atoms with Crippen molar-refractivity contribution in [2.75, 3.05) is 12.4 Å². The molecule has 0 unspecified atom stereocenters. The van der Waals surface area contributed by atoms with Gasteiger partial charge in [0, 0.05) is 17.1 Å². The molecule has 5 heteroatoms. The van der Waals surface area contributed by atoms with Gasteiger partial charge in [-0.15, -0.1) is 0 Å². The number of hydrogen-bond acceptors (Lipinski definition) is 4. The highest BCUT2D eigenvalue weighted by Gasteiger charge is 2.14. The van der Waals surface area contributed by atoms with E-state index in [2.05, 4.69) is 10.3 Å². The number of nitrogens with zero attached hydrogens (tertiary/aromatic N) is 1. The molecule has 0 spiro atoms. The van der Waals surface area contributed by atoms with Gasteiger partial charge in [-0.05, 0) is 42.8 Å². The second kappa shape index (κ2) is 8.02. The molecule has 0 radical (unpaired) electrons. The molecule has 1 amide bonds. The van der Waals surface area contributed by atoms with Crippen LogP contribution in [-0.2, 0) is 0 Å². The fraction of sp³-hybridized carbons (Fsp3) is 0.0833. The van der Waals surface area contributed by atoms with Crippen LogP contribution in [0.3, 0.4) is 0 Å². The highest BCUT2D eigenvalue weighted by molar-refractivity contribution is 6.05. The minimum atomic E-state index is -0.282. The van der Waals surface area contributed by atoms with E-state index in [0.717, 1.165) is 16.6 Å². The van der Waals surface area contributed by atoms with Gasteiger partial charge in [-0.25, -0.2) is 4.99 Å². The molecule has 3 aromatic carbocycles. The summed E-state index contributed by atoms with van der Waals surface area (Å²) >= 11 is 0. The standard InChI is InChI=1S/C24H20N2O3/c1-16-8-3-5-12-21(16)26-23(27)20-14-17-9-4-6-13-22(17)29-24(20)25-18-10-7-11-19(15-18)28-2/h3-15H,1-2H3,(H,26,27). The van der Waals surface area contributed by atoms with Crippen LogP contribution in [0.4, 0.5) is 11.4 Å². The number of anilines is 1. The lowest BCUT2D eigenvalue weighted by atomic mass is 10.1. The zero-order valence-electron chi connectivity index (χ0n) is 16.2. The van der Waals surface area contributed by atoms with Crippen LogP contribution in [0.2, 0.25) is 0 Å². The van der Waals surface area contributed by atoms with Crippen LogP contribution in [-0.4, -0.2) is 13.0 Å². The summed E-state index contributed by atoms with van der Waals surface area (Å²) in [5.41, 5.74) is 3.61. The maximum Gasteiger partial charge on any atom is 0.261 e. The minimum Gasteiger partial charge on any atom is -0.497 e. The maximum atomic E-state index is 13.1. The topological polar surface area (TPSA) is 63.8 Å².